The van der Waals surface area contributed by atoms with Crippen molar-refractivity contribution in [3.8, 4) is 0 Å². The molecule has 3 rings (SSSR count). The lowest BCUT2D eigenvalue weighted by atomic mass is 10.0. The third kappa shape index (κ3) is 21.7. The minimum absolute atomic E-state index is 0.0365. The summed E-state index contributed by atoms with van der Waals surface area (Å²) in [6.45, 7) is 7.56. The van der Waals surface area contributed by atoms with Gasteiger partial charge < -0.3 is 75.9 Å². The maximum Gasteiger partial charge on any atom is 0.490 e. The first-order valence-electron chi connectivity index (χ1n) is 24.6. The van der Waals surface area contributed by atoms with Gasteiger partial charge in [0, 0.05) is 32.5 Å². The van der Waals surface area contributed by atoms with Crippen molar-refractivity contribution in [2.24, 2.45) is 51.2 Å². The van der Waals surface area contributed by atoms with Crippen LogP contribution in [0.5, 0.6) is 0 Å². The highest BCUT2D eigenvalue weighted by molar-refractivity contribution is 5.99. The van der Waals surface area contributed by atoms with Crippen molar-refractivity contribution in [1.29, 1.82) is 0 Å². The molecule has 0 unspecified atom stereocenters. The van der Waals surface area contributed by atoms with E-state index in [1.165, 1.54) is 9.80 Å². The number of halogens is 3. The van der Waals surface area contributed by atoms with E-state index in [-0.39, 0.29) is 88.8 Å². The number of nitrogens with two attached hydrogens (primary N) is 6. The van der Waals surface area contributed by atoms with Gasteiger partial charge in [0.25, 0.3) is 0 Å². The zero-order valence-electron chi connectivity index (χ0n) is 42.9. The van der Waals surface area contributed by atoms with E-state index in [0.717, 1.165) is 0 Å². The zero-order valence-corrected chi connectivity index (χ0v) is 42.9. The molecule has 0 bridgehead atoms. The van der Waals surface area contributed by atoms with Gasteiger partial charge in [-0.2, -0.15) is 13.2 Å². The van der Waals surface area contributed by atoms with Gasteiger partial charge in [-0.1, -0.05) is 58.0 Å². The minimum Gasteiger partial charge on any atom is -0.475 e. The summed E-state index contributed by atoms with van der Waals surface area (Å²) < 4.78 is 31.7. The molecule has 26 nitrogen and oxygen atoms in total. The Morgan fingerprint density at radius 1 is 0.671 bits per heavy atom. The first-order chi connectivity index (χ1) is 35.4. The van der Waals surface area contributed by atoms with Crippen LogP contribution < -0.4 is 61.0 Å². The highest BCUT2D eigenvalue weighted by atomic mass is 19.4. The molecular weight excluding hydrogens is 1010 g/mol. The van der Waals surface area contributed by atoms with Crippen molar-refractivity contribution < 1.29 is 71.0 Å². The van der Waals surface area contributed by atoms with Crippen LogP contribution in [-0.4, -0.2) is 160 Å². The molecule has 1 aromatic carbocycles. The largest absolute Gasteiger partial charge is 0.490 e. The number of hydrogen-bond acceptors (Lipinski definition) is 13. The normalized spacial score (nSPS) is 17.6. The van der Waals surface area contributed by atoms with E-state index < -0.39 is 126 Å². The van der Waals surface area contributed by atoms with E-state index in [0.29, 0.717) is 18.4 Å². The number of carboxylic acid groups (broad SMARTS) is 1. The standard InChI is InChI=1S/C45H72N14O10.C2HF3O2/c1-24(2)21-31(57-40(65)30(23-35(47)61)56-42(67)33-15-10-20-59(33)44(69)36(48)25(3)4)43(68)58-19-9-14-32(58)41(66)54-28(16-17-34(46)60)39(64)53-27(13-8-18-52-45(50)51)38(63)55-29(37(49)62)22-26-11-6-5-7-12-26;3-2(4,5)1(6)7/h5-7,11-12,24-25,27-33,36H,8-10,13-23,48H2,1-4H3,(H2,46,60)(H2,47,61)(H2,49,62)(H,53,64)(H,54,66)(H,55,63)(H,56,67)(H,57,65)(H4,50,51,52);(H,6,7)/t27-,28-,29-,30-,31-,32-,33-,36-;/m0./s1. The average Bonchev–Trinajstić information content (AvgIpc) is 4.04. The van der Waals surface area contributed by atoms with Crippen LogP contribution in [0.25, 0.3) is 0 Å². The molecule has 10 amide bonds. The second kappa shape index (κ2) is 30.7. The van der Waals surface area contributed by atoms with Crippen LogP contribution in [0.4, 0.5) is 13.2 Å². The van der Waals surface area contributed by atoms with Crippen LogP contribution in [0.3, 0.4) is 0 Å². The number of alkyl halides is 3. The molecule has 0 aromatic heterocycles. The molecule has 29 heteroatoms. The number of guanidine groups is 1. The number of carbonyl (C=O) groups is 11. The molecule has 424 valence electrons. The molecule has 76 heavy (non-hydrogen) atoms. The van der Waals surface area contributed by atoms with Gasteiger partial charge in [0.1, 0.15) is 42.3 Å². The summed E-state index contributed by atoms with van der Waals surface area (Å²) in [6.07, 6.45) is -4.82. The van der Waals surface area contributed by atoms with Gasteiger partial charge in [0.15, 0.2) is 5.96 Å². The van der Waals surface area contributed by atoms with E-state index >= 15 is 0 Å². The summed E-state index contributed by atoms with van der Waals surface area (Å²) in [7, 11) is 0. The molecule has 1 aromatic rings. The van der Waals surface area contributed by atoms with E-state index in [4.69, 9.17) is 44.3 Å². The number of rotatable bonds is 27. The molecule has 8 atom stereocenters. The Balaban J connectivity index is 0.00000263. The topological polar surface area (TPSA) is 443 Å². The average molecular weight is 1080 g/mol. The molecule has 0 spiro atoms. The van der Waals surface area contributed by atoms with Crippen LogP contribution in [0.1, 0.15) is 97.5 Å². The summed E-state index contributed by atoms with van der Waals surface area (Å²) in [5.41, 5.74) is 34.3. The van der Waals surface area contributed by atoms with Crippen molar-refractivity contribution >= 4 is 71.0 Å². The molecule has 0 saturated carbocycles. The SMILES string of the molecule is CC(C)C[C@H](NC(=O)[C@H](CC(N)=O)NC(=O)[C@@H]1CCCN1C(=O)[C@@H](N)C(C)C)C(=O)N1CCC[C@H]1C(=O)N[C@@H](CCC(N)=O)C(=O)N[C@@H](CCCN=C(N)N)C(=O)N[C@@H](Cc1ccccc1)C(N)=O.O=C(O)C(F)(F)F. The fourth-order valence-electron chi connectivity index (χ4n) is 8.14. The predicted molar refractivity (Wildman–Crippen MR) is 267 cm³/mol. The van der Waals surface area contributed by atoms with Gasteiger partial charge in [-0.15, -0.1) is 0 Å². The second-order valence-corrected chi connectivity index (χ2v) is 19.1. The molecule has 2 heterocycles. The van der Waals surface area contributed by atoms with Gasteiger partial charge in [-0.3, -0.25) is 52.9 Å². The second-order valence-electron chi connectivity index (χ2n) is 19.1. The molecule has 2 aliphatic heterocycles. The number of likely N-dealkylation sites (tertiary alicyclic amines) is 2. The Morgan fingerprint density at radius 3 is 1.61 bits per heavy atom. The summed E-state index contributed by atoms with van der Waals surface area (Å²) in [5, 5.41) is 20.1. The van der Waals surface area contributed by atoms with Gasteiger partial charge in [-0.25, -0.2) is 4.79 Å². The van der Waals surface area contributed by atoms with Crippen molar-refractivity contribution in [2.75, 3.05) is 19.6 Å². The zero-order chi connectivity index (χ0) is 57.6. The molecule has 0 radical (unpaired) electrons. The van der Waals surface area contributed by atoms with Crippen molar-refractivity contribution in [1.82, 2.24) is 36.4 Å². The quantitative estimate of drug-likeness (QED) is 0.0237. The Hall–Kier alpha value is -7.59. The fraction of sp³-hybridized carbons (Fsp3) is 0.617. The lowest BCUT2D eigenvalue weighted by Crippen LogP contribution is -2.60. The highest BCUT2D eigenvalue weighted by Crippen LogP contribution is 2.23. The van der Waals surface area contributed by atoms with Gasteiger partial charge in [-0.05, 0) is 68.8 Å². The summed E-state index contributed by atoms with van der Waals surface area (Å²) in [5.74, 6) is -11.0. The van der Waals surface area contributed by atoms with Crippen LogP contribution in [0.2, 0.25) is 0 Å². The van der Waals surface area contributed by atoms with Crippen LogP contribution in [0, 0.1) is 11.8 Å². The maximum absolute atomic E-state index is 14.4. The van der Waals surface area contributed by atoms with E-state index in [1.54, 1.807) is 58.0 Å². The number of carbonyl (C=O) groups excluding carboxylic acids is 10. The van der Waals surface area contributed by atoms with Gasteiger partial charge in [0.2, 0.25) is 59.1 Å². The number of primary amides is 3. The number of amides is 10. The molecule has 18 N–H and O–H groups in total. The van der Waals surface area contributed by atoms with E-state index in [2.05, 4.69) is 31.6 Å². The monoisotopic (exact) mass is 1080 g/mol. The predicted octanol–water partition coefficient (Wildman–Crippen LogP) is -3.02. The number of nitrogens with zero attached hydrogens (tertiary/aromatic N) is 3. The number of hydrogen-bond donors (Lipinski definition) is 12. The number of benzene rings is 1. The first kappa shape index (κ1) is 64.5. The lowest BCUT2D eigenvalue weighted by Gasteiger charge is -2.32. The van der Waals surface area contributed by atoms with Crippen molar-refractivity contribution in [3.63, 3.8) is 0 Å². The third-order valence-corrected chi connectivity index (χ3v) is 12.1. The Labute approximate surface area is 437 Å². The van der Waals surface area contributed by atoms with Crippen LogP contribution in [-0.2, 0) is 59.2 Å². The summed E-state index contributed by atoms with van der Waals surface area (Å²) in [6, 6.07) is -0.942. The molecule has 2 fully saturated rings. The smallest absolute Gasteiger partial charge is 0.475 e. The minimum atomic E-state index is -5.08. The van der Waals surface area contributed by atoms with Crippen LogP contribution >= 0.6 is 0 Å². The highest BCUT2D eigenvalue weighted by Gasteiger charge is 2.42. The molecular formula is C47H73F3N14O12. The Bertz CT molecular complexity index is 2250. The fourth-order valence-corrected chi connectivity index (χ4v) is 8.14. The molecule has 0 aliphatic carbocycles. The maximum atomic E-state index is 14.4. The molecule has 2 saturated heterocycles. The lowest BCUT2D eigenvalue weighted by molar-refractivity contribution is -0.192. The van der Waals surface area contributed by atoms with E-state index in [9.17, 15) is 61.1 Å². The molecule has 2 aliphatic rings. The van der Waals surface area contributed by atoms with Crippen molar-refractivity contribution in [2.45, 2.75) is 153 Å². The van der Waals surface area contributed by atoms with Crippen LogP contribution in [0.15, 0.2) is 35.3 Å². The number of nitrogens with one attached hydrogen (secondary N) is 5. The number of carboxylic acids is 1. The Kier molecular flexibility index (Phi) is 26.1. The first-order valence-corrected chi connectivity index (χ1v) is 24.6. The summed E-state index contributed by atoms with van der Waals surface area (Å²) in [4.78, 5) is 149. The van der Waals surface area contributed by atoms with E-state index in [1.807, 2.05) is 0 Å². The van der Waals surface area contributed by atoms with Gasteiger partial charge >= 0.3 is 12.1 Å². The number of aliphatic imine (C=N–C) groups is 1. The number of aliphatic carboxylic acids is 1. The Morgan fingerprint density at radius 2 is 1.14 bits per heavy atom. The van der Waals surface area contributed by atoms with Crippen molar-refractivity contribution in [3.05, 3.63) is 35.9 Å². The third-order valence-electron chi connectivity index (χ3n) is 12.1. The van der Waals surface area contributed by atoms with Gasteiger partial charge in [0.05, 0.1) is 12.5 Å². The summed E-state index contributed by atoms with van der Waals surface area (Å²) >= 11 is 0.